The average Bonchev–Trinajstić information content (AvgIpc) is 3.06. The van der Waals surface area contributed by atoms with Gasteiger partial charge in [0.25, 0.3) is 15.9 Å². The molecule has 0 radical (unpaired) electrons. The summed E-state index contributed by atoms with van der Waals surface area (Å²) in [6.07, 6.45) is 0.486. The highest BCUT2D eigenvalue weighted by molar-refractivity contribution is 7.92. The van der Waals surface area contributed by atoms with Gasteiger partial charge in [-0.15, -0.1) is 0 Å². The SMILES string of the molecule is Cc1cc(C)c(NC(=O)c2ccc3c(c2)C[C@@H](C)N3S(=O)(=O)c2ccc(F)cc2)c(C)c1. The third-order valence-electron chi connectivity index (χ3n) is 5.78. The van der Waals surface area contributed by atoms with E-state index >= 15 is 0 Å². The Balaban J connectivity index is 1.64. The molecule has 0 saturated carbocycles. The second-order valence-corrected chi connectivity index (χ2v) is 10.2. The van der Waals surface area contributed by atoms with Gasteiger partial charge >= 0.3 is 0 Å². The summed E-state index contributed by atoms with van der Waals surface area (Å²) in [6, 6.07) is 13.6. The number of anilines is 2. The van der Waals surface area contributed by atoms with Crippen molar-refractivity contribution < 1.29 is 17.6 Å². The topological polar surface area (TPSA) is 66.5 Å². The second-order valence-electron chi connectivity index (χ2n) is 8.38. The molecule has 0 bridgehead atoms. The fraction of sp³-hybridized carbons (Fsp3) is 0.240. The van der Waals surface area contributed by atoms with Crippen LogP contribution in [0.4, 0.5) is 15.8 Å². The summed E-state index contributed by atoms with van der Waals surface area (Å²) in [4.78, 5) is 13.0. The Morgan fingerprint density at radius 2 is 1.62 bits per heavy atom. The van der Waals surface area contributed by atoms with E-state index in [1.807, 2.05) is 39.8 Å². The van der Waals surface area contributed by atoms with Crippen molar-refractivity contribution in [2.45, 2.75) is 45.1 Å². The number of benzene rings is 3. The van der Waals surface area contributed by atoms with Crippen LogP contribution in [-0.2, 0) is 16.4 Å². The average molecular weight is 453 g/mol. The van der Waals surface area contributed by atoms with E-state index in [1.54, 1.807) is 18.2 Å². The minimum Gasteiger partial charge on any atom is -0.322 e. The van der Waals surface area contributed by atoms with E-state index in [-0.39, 0.29) is 16.8 Å². The highest BCUT2D eigenvalue weighted by Gasteiger charge is 2.36. The van der Waals surface area contributed by atoms with Gasteiger partial charge in [-0.05, 0) is 93.3 Å². The van der Waals surface area contributed by atoms with Crippen molar-refractivity contribution in [3.63, 3.8) is 0 Å². The number of nitrogens with zero attached hydrogens (tertiary/aromatic N) is 1. The molecular formula is C25H25FN2O3S. The molecule has 1 heterocycles. The number of sulfonamides is 1. The smallest absolute Gasteiger partial charge is 0.264 e. The van der Waals surface area contributed by atoms with Crippen LogP contribution in [0.1, 0.15) is 39.5 Å². The summed E-state index contributed by atoms with van der Waals surface area (Å²) < 4.78 is 41.0. The summed E-state index contributed by atoms with van der Waals surface area (Å²) in [5, 5.41) is 2.99. The number of hydrogen-bond acceptors (Lipinski definition) is 3. The van der Waals surface area contributed by atoms with E-state index in [4.69, 9.17) is 0 Å². The van der Waals surface area contributed by atoms with Crippen molar-refractivity contribution in [3.05, 3.63) is 88.2 Å². The largest absolute Gasteiger partial charge is 0.322 e. The molecule has 4 rings (SSSR count). The summed E-state index contributed by atoms with van der Waals surface area (Å²) in [7, 11) is -3.85. The van der Waals surface area contributed by atoms with E-state index in [2.05, 4.69) is 5.32 Å². The van der Waals surface area contributed by atoms with Crippen LogP contribution < -0.4 is 9.62 Å². The maximum atomic E-state index is 13.3. The molecule has 1 aliphatic heterocycles. The Hall–Kier alpha value is -3.19. The van der Waals surface area contributed by atoms with E-state index in [0.717, 1.165) is 40.1 Å². The molecular weight excluding hydrogens is 427 g/mol. The molecule has 0 aliphatic carbocycles. The molecule has 1 aliphatic rings. The fourth-order valence-electron chi connectivity index (χ4n) is 4.39. The molecule has 3 aromatic rings. The molecule has 1 N–H and O–H groups in total. The minimum absolute atomic E-state index is 0.0331. The third-order valence-corrected chi connectivity index (χ3v) is 7.72. The molecule has 7 heteroatoms. The van der Waals surface area contributed by atoms with Crippen molar-refractivity contribution in [1.82, 2.24) is 0 Å². The first-order valence-electron chi connectivity index (χ1n) is 10.4. The van der Waals surface area contributed by atoms with Gasteiger partial charge in [0, 0.05) is 17.3 Å². The Morgan fingerprint density at radius 3 is 2.25 bits per heavy atom. The quantitative estimate of drug-likeness (QED) is 0.596. The van der Waals surface area contributed by atoms with Crippen molar-refractivity contribution in [2.75, 3.05) is 9.62 Å². The van der Waals surface area contributed by atoms with E-state index in [9.17, 15) is 17.6 Å². The van der Waals surface area contributed by atoms with Gasteiger partial charge in [-0.2, -0.15) is 0 Å². The molecule has 0 aromatic heterocycles. The van der Waals surface area contributed by atoms with Gasteiger partial charge in [0.05, 0.1) is 10.6 Å². The van der Waals surface area contributed by atoms with Crippen LogP contribution >= 0.6 is 0 Å². The number of fused-ring (bicyclic) bond motifs is 1. The number of rotatable bonds is 4. The number of halogens is 1. The lowest BCUT2D eigenvalue weighted by Crippen LogP contribution is -2.35. The molecule has 0 spiro atoms. The molecule has 32 heavy (non-hydrogen) atoms. The fourth-order valence-corrected chi connectivity index (χ4v) is 6.09. The Kier molecular flexibility index (Phi) is 5.54. The second kappa shape index (κ2) is 8.06. The van der Waals surface area contributed by atoms with Gasteiger partial charge in [-0.25, -0.2) is 12.8 Å². The predicted molar refractivity (Wildman–Crippen MR) is 124 cm³/mol. The minimum atomic E-state index is -3.85. The molecule has 0 fully saturated rings. The Labute approximate surface area is 187 Å². The summed E-state index contributed by atoms with van der Waals surface area (Å²) in [5.41, 5.74) is 5.69. The Morgan fingerprint density at radius 1 is 1.00 bits per heavy atom. The van der Waals surface area contributed by atoms with Crippen LogP contribution in [0.15, 0.2) is 59.5 Å². The summed E-state index contributed by atoms with van der Waals surface area (Å²) >= 11 is 0. The van der Waals surface area contributed by atoms with Crippen molar-refractivity contribution in [3.8, 4) is 0 Å². The number of carbonyl (C=O) groups is 1. The van der Waals surface area contributed by atoms with Gasteiger partial charge in [0.1, 0.15) is 5.82 Å². The number of nitrogens with one attached hydrogen (secondary N) is 1. The first-order chi connectivity index (χ1) is 15.1. The van der Waals surface area contributed by atoms with Gasteiger partial charge < -0.3 is 5.32 Å². The van der Waals surface area contributed by atoms with Crippen LogP contribution in [0.5, 0.6) is 0 Å². The predicted octanol–water partition coefficient (Wildman–Crippen LogP) is 5.14. The van der Waals surface area contributed by atoms with Crippen molar-refractivity contribution in [1.29, 1.82) is 0 Å². The first-order valence-corrected chi connectivity index (χ1v) is 11.8. The molecule has 3 aromatic carbocycles. The number of carbonyl (C=O) groups excluding carboxylic acids is 1. The summed E-state index contributed by atoms with van der Waals surface area (Å²) in [5.74, 6) is -0.733. The van der Waals surface area contributed by atoms with E-state index < -0.39 is 15.8 Å². The van der Waals surface area contributed by atoms with Crippen LogP contribution in [-0.4, -0.2) is 20.4 Å². The Bertz CT molecular complexity index is 1290. The van der Waals surface area contributed by atoms with Crippen LogP contribution in [0.2, 0.25) is 0 Å². The zero-order valence-electron chi connectivity index (χ0n) is 18.4. The normalized spacial score (nSPS) is 15.5. The van der Waals surface area contributed by atoms with Crippen molar-refractivity contribution >= 4 is 27.3 Å². The third kappa shape index (κ3) is 3.88. The van der Waals surface area contributed by atoms with Gasteiger partial charge in [-0.1, -0.05) is 17.7 Å². The maximum absolute atomic E-state index is 13.3. The van der Waals surface area contributed by atoms with Crippen molar-refractivity contribution in [2.24, 2.45) is 0 Å². The van der Waals surface area contributed by atoms with E-state index in [1.165, 1.54) is 16.4 Å². The van der Waals surface area contributed by atoms with Crippen LogP contribution in [0.25, 0.3) is 0 Å². The molecule has 0 saturated heterocycles. The van der Waals surface area contributed by atoms with Crippen LogP contribution in [0.3, 0.4) is 0 Å². The monoisotopic (exact) mass is 452 g/mol. The standard InChI is InChI=1S/C25H25FN2O3S/c1-15-11-16(2)24(17(3)12-15)27-25(29)19-5-10-23-20(14-19)13-18(4)28(23)32(30,31)22-8-6-21(26)7-9-22/h5-12,14,18H,13H2,1-4H3,(H,27,29)/t18-/m1/s1. The van der Waals surface area contributed by atoms with Crippen LogP contribution in [0, 0.1) is 26.6 Å². The molecule has 1 atom stereocenters. The highest BCUT2D eigenvalue weighted by atomic mass is 32.2. The van der Waals surface area contributed by atoms with E-state index in [0.29, 0.717) is 17.7 Å². The maximum Gasteiger partial charge on any atom is 0.264 e. The number of amides is 1. The number of aryl methyl sites for hydroxylation is 3. The molecule has 1 amide bonds. The zero-order chi connectivity index (χ0) is 23.2. The lowest BCUT2D eigenvalue weighted by Gasteiger charge is -2.24. The van der Waals surface area contributed by atoms with Gasteiger partial charge in [0.2, 0.25) is 0 Å². The first kappa shape index (κ1) is 22.0. The lowest BCUT2D eigenvalue weighted by molar-refractivity contribution is 0.102. The number of hydrogen-bond donors (Lipinski definition) is 1. The zero-order valence-corrected chi connectivity index (χ0v) is 19.3. The molecule has 0 unspecified atom stereocenters. The summed E-state index contributed by atoms with van der Waals surface area (Å²) in [6.45, 7) is 7.75. The van der Waals surface area contributed by atoms with Gasteiger partial charge in [0.15, 0.2) is 0 Å². The highest BCUT2D eigenvalue weighted by Crippen LogP contribution is 2.37. The molecule has 5 nitrogen and oxygen atoms in total. The molecule has 166 valence electrons. The van der Waals surface area contributed by atoms with Gasteiger partial charge in [-0.3, -0.25) is 9.10 Å². The lowest BCUT2D eigenvalue weighted by atomic mass is 10.0.